The average Bonchev–Trinajstić information content (AvgIpc) is 1.82. The maximum Gasteiger partial charge on any atom is 0.0582 e. The zero-order chi connectivity index (χ0) is 7.28. The molecule has 0 saturated carbocycles. The molecule has 0 aromatic carbocycles. The molecular weight excluding hydrogens is 132 g/mol. The Balaban J connectivity index is 0. The highest BCUT2D eigenvalue weighted by Crippen LogP contribution is 1.95. The van der Waals surface area contributed by atoms with Gasteiger partial charge in [-0.3, -0.25) is 0 Å². The van der Waals surface area contributed by atoms with Gasteiger partial charge in [-0.05, 0) is 6.42 Å². The van der Waals surface area contributed by atoms with Gasteiger partial charge in [0.1, 0.15) is 0 Å². The fourth-order valence-electron chi connectivity index (χ4n) is 0.542. The monoisotopic (exact) mass is 148 g/mol. The third-order valence-electron chi connectivity index (χ3n) is 1.17. The van der Waals surface area contributed by atoms with E-state index in [4.69, 9.17) is 5.73 Å². The van der Waals surface area contributed by atoms with Gasteiger partial charge in [-0.1, -0.05) is 19.8 Å². The van der Waals surface area contributed by atoms with E-state index < -0.39 is 12.0 Å². The van der Waals surface area contributed by atoms with E-state index in [0.717, 1.165) is 12.8 Å². The summed E-state index contributed by atoms with van der Waals surface area (Å²) in [5, 5.41) is 9.97. The minimum absolute atomic E-state index is 0. The summed E-state index contributed by atoms with van der Waals surface area (Å²) in [4.78, 5) is 9.97. The molecule has 0 fully saturated rings. The van der Waals surface area contributed by atoms with Crippen molar-refractivity contribution in [3.63, 3.8) is 0 Å². The SMILES string of the molecule is CCCCC(N)C(=O)[O-].[NH4+]. The summed E-state index contributed by atoms with van der Waals surface area (Å²) in [7, 11) is 0. The molecule has 62 valence electrons. The van der Waals surface area contributed by atoms with Crippen LogP contribution in [0.15, 0.2) is 0 Å². The van der Waals surface area contributed by atoms with Gasteiger partial charge in [-0.15, -0.1) is 0 Å². The number of aliphatic carboxylic acids is 1. The molecule has 0 aromatic heterocycles. The first-order valence-electron chi connectivity index (χ1n) is 3.15. The first kappa shape index (κ1) is 12.1. The van der Waals surface area contributed by atoms with E-state index in [1.165, 1.54) is 0 Å². The van der Waals surface area contributed by atoms with Gasteiger partial charge in [0.25, 0.3) is 0 Å². The summed E-state index contributed by atoms with van der Waals surface area (Å²) in [5.74, 6) is -1.15. The number of carboxylic acid groups (broad SMARTS) is 1. The number of rotatable bonds is 4. The van der Waals surface area contributed by atoms with Crippen molar-refractivity contribution in [3.8, 4) is 0 Å². The zero-order valence-electron chi connectivity index (χ0n) is 6.59. The molecule has 0 saturated heterocycles. The van der Waals surface area contributed by atoms with E-state index in [1.54, 1.807) is 0 Å². The molecule has 10 heavy (non-hydrogen) atoms. The highest BCUT2D eigenvalue weighted by Gasteiger charge is 1.99. The number of carbonyl (C=O) groups excluding carboxylic acids is 1. The van der Waals surface area contributed by atoms with E-state index in [9.17, 15) is 9.90 Å². The quantitative estimate of drug-likeness (QED) is 0.568. The maximum atomic E-state index is 9.97. The molecular formula is C6H16N2O2. The maximum absolute atomic E-state index is 9.97. The Morgan fingerprint density at radius 3 is 2.50 bits per heavy atom. The lowest BCUT2D eigenvalue weighted by atomic mass is 10.1. The molecule has 0 aliphatic carbocycles. The van der Waals surface area contributed by atoms with Crippen molar-refractivity contribution in [2.45, 2.75) is 32.2 Å². The van der Waals surface area contributed by atoms with Crippen LogP contribution in [0.5, 0.6) is 0 Å². The predicted molar refractivity (Wildman–Crippen MR) is 38.5 cm³/mol. The zero-order valence-corrected chi connectivity index (χ0v) is 6.59. The number of unbranched alkanes of at least 4 members (excludes halogenated alkanes) is 1. The average molecular weight is 148 g/mol. The molecule has 0 aliphatic heterocycles. The Labute approximate surface area is 61.0 Å². The van der Waals surface area contributed by atoms with Crippen LogP contribution in [0.1, 0.15) is 26.2 Å². The van der Waals surface area contributed by atoms with Gasteiger partial charge in [0.05, 0.1) is 5.97 Å². The fraction of sp³-hybridized carbons (Fsp3) is 0.833. The van der Waals surface area contributed by atoms with E-state index >= 15 is 0 Å². The lowest BCUT2D eigenvalue weighted by molar-refractivity contribution is -0.307. The lowest BCUT2D eigenvalue weighted by Gasteiger charge is -2.10. The van der Waals surface area contributed by atoms with Crippen LogP contribution in [0.4, 0.5) is 0 Å². The number of carbonyl (C=O) groups is 1. The molecule has 0 amide bonds. The van der Waals surface area contributed by atoms with Crippen LogP contribution in [-0.4, -0.2) is 12.0 Å². The topological polar surface area (TPSA) is 103 Å². The van der Waals surface area contributed by atoms with Gasteiger partial charge in [0, 0.05) is 6.04 Å². The number of nitrogens with two attached hydrogens (primary N) is 1. The second-order valence-electron chi connectivity index (χ2n) is 2.07. The Morgan fingerprint density at radius 1 is 1.70 bits per heavy atom. The Kier molecular flexibility index (Phi) is 7.88. The van der Waals surface area contributed by atoms with Crippen molar-refractivity contribution < 1.29 is 9.90 Å². The van der Waals surface area contributed by atoms with E-state index in [1.807, 2.05) is 6.92 Å². The van der Waals surface area contributed by atoms with E-state index in [2.05, 4.69) is 0 Å². The summed E-state index contributed by atoms with van der Waals surface area (Å²) < 4.78 is 0. The van der Waals surface area contributed by atoms with Crippen LogP contribution in [-0.2, 0) is 4.79 Å². The summed E-state index contributed by atoms with van der Waals surface area (Å²) in [6, 6.07) is -0.773. The summed E-state index contributed by atoms with van der Waals surface area (Å²) in [5.41, 5.74) is 5.14. The standard InChI is InChI=1S/C6H13NO2.H3N/c1-2-3-4-5(7)6(8)9;/h5H,2-4,7H2,1H3,(H,8,9);1H3. The van der Waals surface area contributed by atoms with Crippen LogP contribution < -0.4 is 17.0 Å². The Hall–Kier alpha value is -0.610. The first-order chi connectivity index (χ1) is 4.18. The molecule has 0 aliphatic rings. The van der Waals surface area contributed by atoms with Crippen LogP contribution in [0.2, 0.25) is 0 Å². The molecule has 4 nitrogen and oxygen atoms in total. The third kappa shape index (κ3) is 5.53. The van der Waals surface area contributed by atoms with E-state index in [-0.39, 0.29) is 6.15 Å². The minimum atomic E-state index is -1.15. The van der Waals surface area contributed by atoms with Crippen molar-refractivity contribution in [2.75, 3.05) is 0 Å². The van der Waals surface area contributed by atoms with Crippen molar-refractivity contribution in [1.29, 1.82) is 0 Å². The van der Waals surface area contributed by atoms with Gasteiger partial charge in [0.15, 0.2) is 0 Å². The van der Waals surface area contributed by atoms with Crippen molar-refractivity contribution >= 4 is 5.97 Å². The van der Waals surface area contributed by atoms with Crippen molar-refractivity contribution in [3.05, 3.63) is 0 Å². The number of quaternary nitrogens is 1. The molecule has 6 N–H and O–H groups in total. The normalized spacial score (nSPS) is 11.8. The molecule has 1 atom stereocenters. The van der Waals surface area contributed by atoms with Gasteiger partial charge >= 0.3 is 0 Å². The molecule has 0 rings (SSSR count). The first-order valence-corrected chi connectivity index (χ1v) is 3.15. The van der Waals surface area contributed by atoms with Gasteiger partial charge in [-0.25, -0.2) is 0 Å². The molecule has 0 heterocycles. The molecule has 0 bridgehead atoms. The van der Waals surface area contributed by atoms with Crippen LogP contribution >= 0.6 is 0 Å². The predicted octanol–water partition coefficient (Wildman–Crippen LogP) is -0.370. The highest BCUT2D eigenvalue weighted by atomic mass is 16.4. The number of carboxylic acids is 1. The van der Waals surface area contributed by atoms with Crippen LogP contribution in [0, 0.1) is 0 Å². The smallest absolute Gasteiger partial charge is 0.0582 e. The van der Waals surface area contributed by atoms with Crippen molar-refractivity contribution in [2.24, 2.45) is 5.73 Å². The second-order valence-corrected chi connectivity index (χ2v) is 2.07. The van der Waals surface area contributed by atoms with Crippen LogP contribution in [0.3, 0.4) is 0 Å². The summed E-state index contributed by atoms with van der Waals surface area (Å²) in [6.45, 7) is 1.99. The summed E-state index contributed by atoms with van der Waals surface area (Å²) in [6.07, 6.45) is 2.36. The van der Waals surface area contributed by atoms with Gasteiger partial charge in [0.2, 0.25) is 0 Å². The largest absolute Gasteiger partial charge is 0.548 e. The Morgan fingerprint density at radius 2 is 2.20 bits per heavy atom. The molecule has 0 spiro atoms. The fourth-order valence-corrected chi connectivity index (χ4v) is 0.542. The molecule has 1 unspecified atom stereocenters. The highest BCUT2D eigenvalue weighted by molar-refractivity contribution is 5.70. The second kappa shape index (κ2) is 6.51. The number of hydrogen-bond donors (Lipinski definition) is 2. The van der Waals surface area contributed by atoms with Crippen molar-refractivity contribution in [1.82, 2.24) is 6.15 Å². The number of hydrogen-bond acceptors (Lipinski definition) is 3. The Bertz CT molecular complexity index is 95.7. The lowest BCUT2D eigenvalue weighted by Crippen LogP contribution is -2.41. The van der Waals surface area contributed by atoms with E-state index in [0.29, 0.717) is 6.42 Å². The third-order valence-corrected chi connectivity index (χ3v) is 1.17. The van der Waals surface area contributed by atoms with Gasteiger partial charge in [-0.2, -0.15) is 0 Å². The molecule has 0 aromatic rings. The van der Waals surface area contributed by atoms with Gasteiger partial charge < -0.3 is 21.8 Å². The molecule has 4 heteroatoms. The molecule has 0 radical (unpaired) electrons. The minimum Gasteiger partial charge on any atom is -0.548 e. The summed E-state index contributed by atoms with van der Waals surface area (Å²) >= 11 is 0. The van der Waals surface area contributed by atoms with Crippen LogP contribution in [0.25, 0.3) is 0 Å².